The molecule has 7 nitrogen and oxygen atoms in total. The summed E-state index contributed by atoms with van der Waals surface area (Å²) in [6.07, 6.45) is 0. The van der Waals surface area contributed by atoms with Crippen molar-refractivity contribution in [2.45, 2.75) is 12.8 Å². The lowest BCUT2D eigenvalue weighted by Crippen LogP contribution is -2.44. The Morgan fingerprint density at radius 3 is 2.66 bits per heavy atom. The van der Waals surface area contributed by atoms with E-state index in [0.29, 0.717) is 5.69 Å². The maximum Gasteiger partial charge on any atom is 0.319 e. The first-order chi connectivity index (χ1) is 15.3. The van der Waals surface area contributed by atoms with Crippen molar-refractivity contribution < 1.29 is 23.5 Å². The minimum Gasteiger partial charge on any atom is -0.468 e. The molecule has 2 amide bonds. The monoisotopic (exact) mass is 453 g/mol. The predicted octanol–water partition coefficient (Wildman–Crippen LogP) is 3.24. The SMILES string of the molecule is COC(=O)[C@@H]1C(=O)NC(SCC(=O)Nc2cccc(C)c2)=C(C#N)[C@H]1c1ccccc1F. The van der Waals surface area contributed by atoms with Gasteiger partial charge in [0.1, 0.15) is 11.7 Å². The van der Waals surface area contributed by atoms with E-state index in [2.05, 4.69) is 10.6 Å². The summed E-state index contributed by atoms with van der Waals surface area (Å²) in [6, 6.07) is 14.9. The molecule has 0 saturated carbocycles. The Labute approximate surface area is 188 Å². The number of rotatable bonds is 6. The van der Waals surface area contributed by atoms with Crippen LogP contribution in [0.25, 0.3) is 0 Å². The Kier molecular flexibility index (Phi) is 7.28. The number of esters is 1. The Morgan fingerprint density at radius 2 is 2.00 bits per heavy atom. The number of amides is 2. The highest BCUT2D eigenvalue weighted by atomic mass is 32.2. The number of aryl methyl sites for hydroxylation is 1. The van der Waals surface area contributed by atoms with Crippen LogP contribution in [0.1, 0.15) is 17.0 Å². The van der Waals surface area contributed by atoms with Crippen molar-refractivity contribution >= 4 is 35.2 Å². The topological polar surface area (TPSA) is 108 Å². The summed E-state index contributed by atoms with van der Waals surface area (Å²) in [5.41, 5.74) is 1.61. The number of nitrogens with zero attached hydrogens (tertiary/aromatic N) is 1. The lowest BCUT2D eigenvalue weighted by atomic mass is 9.78. The van der Waals surface area contributed by atoms with E-state index in [1.54, 1.807) is 18.2 Å². The summed E-state index contributed by atoms with van der Waals surface area (Å²) < 4.78 is 19.3. The van der Waals surface area contributed by atoms with Crippen molar-refractivity contribution in [1.29, 1.82) is 5.26 Å². The van der Waals surface area contributed by atoms with Crippen molar-refractivity contribution in [1.82, 2.24) is 5.32 Å². The minimum absolute atomic E-state index is 0.0153. The van der Waals surface area contributed by atoms with Gasteiger partial charge in [-0.3, -0.25) is 14.4 Å². The second-order valence-electron chi connectivity index (χ2n) is 7.05. The molecule has 1 heterocycles. The van der Waals surface area contributed by atoms with Gasteiger partial charge < -0.3 is 15.4 Å². The second kappa shape index (κ2) is 10.1. The average Bonchev–Trinajstić information content (AvgIpc) is 2.77. The molecule has 0 radical (unpaired) electrons. The third-order valence-electron chi connectivity index (χ3n) is 4.87. The van der Waals surface area contributed by atoms with Gasteiger partial charge in [0.15, 0.2) is 0 Å². The number of carbonyl (C=O) groups is 3. The summed E-state index contributed by atoms with van der Waals surface area (Å²) in [5, 5.41) is 15.2. The molecule has 0 aromatic heterocycles. The zero-order valence-corrected chi connectivity index (χ0v) is 18.2. The first-order valence-corrected chi connectivity index (χ1v) is 10.6. The molecule has 2 N–H and O–H groups in total. The Morgan fingerprint density at radius 1 is 1.25 bits per heavy atom. The first kappa shape index (κ1) is 23.0. The highest BCUT2D eigenvalue weighted by Gasteiger charge is 2.45. The van der Waals surface area contributed by atoms with Crippen molar-refractivity contribution in [2.75, 3.05) is 18.2 Å². The molecule has 164 valence electrons. The van der Waals surface area contributed by atoms with Gasteiger partial charge in [-0.15, -0.1) is 0 Å². The normalized spacial score (nSPS) is 17.9. The Hall–Kier alpha value is -3.64. The molecule has 2 aromatic carbocycles. The number of ether oxygens (including phenoxy) is 1. The lowest BCUT2D eigenvalue weighted by Gasteiger charge is -2.31. The van der Waals surface area contributed by atoms with Crippen LogP contribution >= 0.6 is 11.8 Å². The summed E-state index contributed by atoms with van der Waals surface area (Å²) in [4.78, 5) is 37.5. The van der Waals surface area contributed by atoms with Crippen molar-refractivity contribution in [3.8, 4) is 6.07 Å². The van der Waals surface area contributed by atoms with Crippen LogP contribution in [0.2, 0.25) is 0 Å². The Balaban J connectivity index is 1.91. The summed E-state index contributed by atoms with van der Waals surface area (Å²) in [7, 11) is 1.11. The fourth-order valence-electron chi connectivity index (χ4n) is 3.44. The number of nitriles is 1. The third-order valence-corrected chi connectivity index (χ3v) is 5.89. The maximum absolute atomic E-state index is 14.6. The van der Waals surface area contributed by atoms with Gasteiger partial charge in [-0.2, -0.15) is 5.26 Å². The molecular weight excluding hydrogens is 433 g/mol. The van der Waals surface area contributed by atoms with Crippen LogP contribution in [0.3, 0.4) is 0 Å². The molecular formula is C23H20FN3O4S. The second-order valence-corrected chi connectivity index (χ2v) is 8.04. The molecule has 1 aliphatic rings. The van der Waals surface area contributed by atoms with E-state index in [0.717, 1.165) is 24.4 Å². The molecule has 0 fully saturated rings. The van der Waals surface area contributed by atoms with E-state index in [1.807, 2.05) is 25.1 Å². The maximum atomic E-state index is 14.6. The van der Waals surface area contributed by atoms with Gasteiger partial charge in [0.05, 0.1) is 29.5 Å². The first-order valence-electron chi connectivity index (χ1n) is 9.62. The number of thioether (sulfide) groups is 1. The van der Waals surface area contributed by atoms with E-state index >= 15 is 0 Å². The number of hydrogen-bond donors (Lipinski definition) is 2. The van der Waals surface area contributed by atoms with Crippen LogP contribution in [-0.4, -0.2) is 30.6 Å². The Bertz CT molecular complexity index is 1140. The molecule has 2 aromatic rings. The zero-order chi connectivity index (χ0) is 23.3. The van der Waals surface area contributed by atoms with Crippen molar-refractivity contribution in [3.05, 3.63) is 76.1 Å². The third kappa shape index (κ3) is 4.98. The minimum atomic E-state index is -1.43. The quantitative estimate of drug-likeness (QED) is 0.514. The molecule has 32 heavy (non-hydrogen) atoms. The van der Waals surface area contributed by atoms with Crippen LogP contribution in [0.5, 0.6) is 0 Å². The number of halogens is 1. The lowest BCUT2D eigenvalue weighted by molar-refractivity contribution is -0.150. The molecule has 0 aliphatic carbocycles. The summed E-state index contributed by atoms with van der Waals surface area (Å²) in [5.74, 6) is -5.34. The van der Waals surface area contributed by atoms with Gasteiger partial charge in [-0.05, 0) is 36.2 Å². The molecule has 9 heteroatoms. The fraction of sp³-hybridized carbons (Fsp3) is 0.217. The van der Waals surface area contributed by atoms with Gasteiger partial charge >= 0.3 is 5.97 Å². The number of hydrogen-bond acceptors (Lipinski definition) is 6. The standard InChI is InChI=1S/C23H20FN3O4S/c1-13-6-5-7-14(10-13)26-18(28)12-32-22-16(11-25)19(15-8-3-4-9-17(15)24)20(21(29)27-22)23(30)31-2/h3-10,19-20H,12H2,1-2H3,(H,26,28)(H,27,29)/t19-,20+/m1/s1. The number of carbonyl (C=O) groups excluding carboxylic acids is 3. The number of allylic oxidation sites excluding steroid dienone is 1. The number of anilines is 1. The molecule has 1 aliphatic heterocycles. The van der Waals surface area contributed by atoms with Crippen LogP contribution in [-0.2, 0) is 19.1 Å². The van der Waals surface area contributed by atoms with E-state index in [4.69, 9.17) is 4.74 Å². The molecule has 2 atom stereocenters. The van der Waals surface area contributed by atoms with E-state index in [-0.39, 0.29) is 27.8 Å². The smallest absolute Gasteiger partial charge is 0.319 e. The van der Waals surface area contributed by atoms with Gasteiger partial charge in [-0.25, -0.2) is 4.39 Å². The van der Waals surface area contributed by atoms with Gasteiger partial charge in [0.25, 0.3) is 0 Å². The van der Waals surface area contributed by atoms with Gasteiger partial charge in [0, 0.05) is 11.6 Å². The molecule has 0 spiro atoms. The van der Waals surface area contributed by atoms with Crippen molar-refractivity contribution in [3.63, 3.8) is 0 Å². The zero-order valence-electron chi connectivity index (χ0n) is 17.3. The van der Waals surface area contributed by atoms with Crippen molar-refractivity contribution in [2.24, 2.45) is 5.92 Å². The summed E-state index contributed by atoms with van der Waals surface area (Å²) >= 11 is 0.930. The predicted molar refractivity (Wildman–Crippen MR) is 118 cm³/mol. The van der Waals surface area contributed by atoms with Crippen LogP contribution in [0, 0.1) is 30.0 Å². The van der Waals surface area contributed by atoms with Crippen LogP contribution in [0.15, 0.2) is 59.1 Å². The fourth-order valence-corrected chi connectivity index (χ4v) is 4.29. The van der Waals surface area contributed by atoms with E-state index < -0.39 is 29.5 Å². The highest BCUT2D eigenvalue weighted by molar-refractivity contribution is 8.03. The molecule has 0 saturated heterocycles. The van der Waals surface area contributed by atoms with Gasteiger partial charge in [-0.1, -0.05) is 42.1 Å². The average molecular weight is 453 g/mol. The van der Waals surface area contributed by atoms with Crippen LogP contribution < -0.4 is 10.6 Å². The number of benzene rings is 2. The number of nitrogens with one attached hydrogen (secondary N) is 2. The van der Waals surface area contributed by atoms with E-state index in [1.165, 1.54) is 18.2 Å². The largest absolute Gasteiger partial charge is 0.468 e. The van der Waals surface area contributed by atoms with Crippen LogP contribution in [0.4, 0.5) is 10.1 Å². The van der Waals surface area contributed by atoms with E-state index in [9.17, 15) is 24.0 Å². The molecule has 0 bridgehead atoms. The molecule has 3 rings (SSSR count). The highest BCUT2D eigenvalue weighted by Crippen LogP contribution is 2.41. The summed E-state index contributed by atoms with van der Waals surface area (Å²) in [6.45, 7) is 1.90. The van der Waals surface area contributed by atoms with Gasteiger partial charge in [0.2, 0.25) is 11.8 Å². The number of methoxy groups -OCH3 is 1. The molecule has 0 unspecified atom stereocenters.